The third-order valence-corrected chi connectivity index (χ3v) is 4.60. The zero-order valence-corrected chi connectivity index (χ0v) is 14.8. The van der Waals surface area contributed by atoms with Crippen LogP contribution in [0, 0.1) is 0 Å². The number of aliphatic carboxylic acids is 1. The van der Waals surface area contributed by atoms with Gasteiger partial charge in [0.15, 0.2) is 0 Å². The Balaban J connectivity index is 2.46. The summed E-state index contributed by atoms with van der Waals surface area (Å²) in [6.07, 6.45) is 0. The molecule has 2 rings (SSSR count). The Morgan fingerprint density at radius 1 is 1.32 bits per heavy atom. The van der Waals surface area contributed by atoms with Gasteiger partial charge in [0.1, 0.15) is 0 Å². The topological polar surface area (TPSA) is 95.9 Å². The van der Waals surface area contributed by atoms with Crippen molar-refractivity contribution in [2.24, 2.45) is 0 Å². The summed E-state index contributed by atoms with van der Waals surface area (Å²) in [5.41, 5.74) is 1.54. The molecule has 0 saturated carbocycles. The van der Waals surface area contributed by atoms with Crippen LogP contribution >= 0.6 is 11.8 Å². The number of ether oxygens (including phenoxy) is 1. The molecule has 2 N–H and O–H groups in total. The van der Waals surface area contributed by atoms with Crippen LogP contribution in [0.25, 0.3) is 0 Å². The van der Waals surface area contributed by atoms with Gasteiger partial charge in [0.2, 0.25) is 0 Å². The minimum Gasteiger partial charge on any atom is -0.481 e. The molecular weight excluding hydrogens is 344 g/mol. The summed E-state index contributed by atoms with van der Waals surface area (Å²) in [7, 11) is 1.55. The fraction of sp³-hybridized carbons (Fsp3) is 0.353. The molecule has 0 radical (unpaired) electrons. The van der Waals surface area contributed by atoms with E-state index in [4.69, 9.17) is 9.84 Å². The maximum absolute atomic E-state index is 12.6. The number of carbonyl (C=O) groups excluding carboxylic acids is 2. The summed E-state index contributed by atoms with van der Waals surface area (Å²) in [6.45, 7) is 1.91. The molecule has 1 heterocycles. The van der Waals surface area contributed by atoms with Crippen molar-refractivity contribution in [2.45, 2.75) is 13.0 Å². The molecule has 134 valence electrons. The van der Waals surface area contributed by atoms with E-state index in [0.717, 1.165) is 17.3 Å². The number of rotatable bonds is 7. The molecule has 7 nitrogen and oxygen atoms in total. The highest BCUT2D eigenvalue weighted by Gasteiger charge is 2.36. The predicted octanol–water partition coefficient (Wildman–Crippen LogP) is 2.02. The van der Waals surface area contributed by atoms with Gasteiger partial charge in [-0.2, -0.15) is 0 Å². The van der Waals surface area contributed by atoms with Crippen molar-refractivity contribution in [3.8, 4) is 0 Å². The first kappa shape index (κ1) is 18.9. The Labute approximate surface area is 150 Å². The van der Waals surface area contributed by atoms with E-state index in [9.17, 15) is 14.4 Å². The van der Waals surface area contributed by atoms with Gasteiger partial charge in [-0.3, -0.25) is 9.69 Å². The van der Waals surface area contributed by atoms with E-state index in [1.807, 2.05) is 30.3 Å². The molecule has 8 heteroatoms. The van der Waals surface area contributed by atoms with Crippen LogP contribution in [0.5, 0.6) is 0 Å². The molecule has 2 amide bonds. The number of amides is 2. The first-order chi connectivity index (χ1) is 12.0. The lowest BCUT2D eigenvalue weighted by atomic mass is 9.95. The highest BCUT2D eigenvalue weighted by Crippen LogP contribution is 2.32. The SMILES string of the molecule is CCOC(=O)C1=C(CSCC(=O)O)N(C)C(=O)N[C@@H]1c1ccccc1. The van der Waals surface area contributed by atoms with Gasteiger partial charge in [-0.05, 0) is 12.5 Å². The molecule has 1 aliphatic heterocycles. The van der Waals surface area contributed by atoms with E-state index < -0.39 is 18.0 Å². The molecule has 0 saturated heterocycles. The van der Waals surface area contributed by atoms with Crippen LogP contribution < -0.4 is 5.32 Å². The second-order valence-corrected chi connectivity index (χ2v) is 6.31. The summed E-state index contributed by atoms with van der Waals surface area (Å²) in [5, 5.41) is 11.6. The van der Waals surface area contributed by atoms with Crippen molar-refractivity contribution in [1.29, 1.82) is 0 Å². The van der Waals surface area contributed by atoms with Gasteiger partial charge in [0.05, 0.1) is 24.0 Å². The fourth-order valence-corrected chi connectivity index (χ4v) is 3.33. The predicted molar refractivity (Wildman–Crippen MR) is 94.1 cm³/mol. The van der Waals surface area contributed by atoms with Gasteiger partial charge in [0, 0.05) is 18.5 Å². The van der Waals surface area contributed by atoms with E-state index in [-0.39, 0.29) is 24.1 Å². The summed E-state index contributed by atoms with van der Waals surface area (Å²) >= 11 is 1.12. The Hall–Kier alpha value is -2.48. The maximum Gasteiger partial charge on any atom is 0.338 e. The van der Waals surface area contributed by atoms with Crippen LogP contribution in [0.3, 0.4) is 0 Å². The van der Waals surface area contributed by atoms with Crippen LogP contribution in [-0.4, -0.2) is 53.1 Å². The highest BCUT2D eigenvalue weighted by atomic mass is 32.2. The van der Waals surface area contributed by atoms with Crippen molar-refractivity contribution < 1.29 is 24.2 Å². The number of carboxylic acids is 1. The van der Waals surface area contributed by atoms with Gasteiger partial charge in [-0.25, -0.2) is 9.59 Å². The van der Waals surface area contributed by atoms with Crippen LogP contribution in [0.2, 0.25) is 0 Å². The van der Waals surface area contributed by atoms with Crippen LogP contribution in [0.4, 0.5) is 4.79 Å². The molecule has 0 bridgehead atoms. The summed E-state index contributed by atoms with van der Waals surface area (Å²) in [4.78, 5) is 37.0. The van der Waals surface area contributed by atoms with Crippen molar-refractivity contribution in [2.75, 3.05) is 25.2 Å². The molecule has 1 aromatic carbocycles. The zero-order valence-electron chi connectivity index (χ0n) is 14.0. The number of hydrogen-bond acceptors (Lipinski definition) is 5. The van der Waals surface area contributed by atoms with Crippen LogP contribution in [-0.2, 0) is 14.3 Å². The quantitative estimate of drug-likeness (QED) is 0.719. The van der Waals surface area contributed by atoms with Gasteiger partial charge in [-0.1, -0.05) is 30.3 Å². The number of carbonyl (C=O) groups is 3. The second kappa shape index (κ2) is 8.57. The molecule has 1 aliphatic rings. The number of carboxylic acid groups (broad SMARTS) is 1. The van der Waals surface area contributed by atoms with E-state index >= 15 is 0 Å². The Morgan fingerprint density at radius 3 is 2.60 bits per heavy atom. The van der Waals surface area contributed by atoms with Gasteiger partial charge >= 0.3 is 18.0 Å². The third kappa shape index (κ3) is 4.54. The summed E-state index contributed by atoms with van der Waals surface area (Å²) in [6, 6.07) is 8.13. The summed E-state index contributed by atoms with van der Waals surface area (Å²) < 4.78 is 5.17. The lowest BCUT2D eigenvalue weighted by Crippen LogP contribution is -2.47. The standard InChI is InChI=1S/C17H20N2O5S/c1-3-24-16(22)14-12(9-25-10-13(20)21)19(2)17(23)18-15(14)11-7-5-4-6-8-11/h4-8,15H,3,9-10H2,1-2H3,(H,18,23)(H,20,21)/t15-/m1/s1. The number of benzene rings is 1. The zero-order chi connectivity index (χ0) is 18.4. The Kier molecular flexibility index (Phi) is 6.46. The lowest BCUT2D eigenvalue weighted by molar-refractivity contribution is -0.139. The van der Waals surface area contributed by atoms with Crippen molar-refractivity contribution in [3.63, 3.8) is 0 Å². The third-order valence-electron chi connectivity index (χ3n) is 3.67. The minimum absolute atomic E-state index is 0.120. The molecule has 0 aliphatic carbocycles. The Bertz CT molecular complexity index is 690. The van der Waals surface area contributed by atoms with E-state index in [1.165, 1.54) is 4.90 Å². The number of hydrogen-bond donors (Lipinski definition) is 2. The average molecular weight is 364 g/mol. The summed E-state index contributed by atoms with van der Waals surface area (Å²) in [5.74, 6) is -1.38. The number of esters is 1. The monoisotopic (exact) mass is 364 g/mol. The van der Waals surface area contributed by atoms with E-state index in [1.54, 1.807) is 14.0 Å². The number of nitrogens with zero attached hydrogens (tertiary/aromatic N) is 1. The van der Waals surface area contributed by atoms with Gasteiger partial charge < -0.3 is 15.2 Å². The number of thioether (sulfide) groups is 1. The molecule has 0 spiro atoms. The molecule has 0 fully saturated rings. The normalized spacial score (nSPS) is 17.3. The van der Waals surface area contributed by atoms with Crippen LogP contribution in [0.1, 0.15) is 18.5 Å². The first-order valence-corrected chi connectivity index (χ1v) is 8.90. The van der Waals surface area contributed by atoms with Crippen molar-refractivity contribution in [1.82, 2.24) is 10.2 Å². The van der Waals surface area contributed by atoms with E-state index in [2.05, 4.69) is 5.32 Å². The molecule has 0 aromatic heterocycles. The molecule has 25 heavy (non-hydrogen) atoms. The average Bonchev–Trinajstić information content (AvgIpc) is 2.59. The highest BCUT2D eigenvalue weighted by molar-refractivity contribution is 8.00. The van der Waals surface area contributed by atoms with E-state index in [0.29, 0.717) is 11.3 Å². The molecule has 1 aromatic rings. The van der Waals surface area contributed by atoms with Gasteiger partial charge in [0.25, 0.3) is 0 Å². The second-order valence-electron chi connectivity index (χ2n) is 5.32. The molecular formula is C17H20N2O5S. The maximum atomic E-state index is 12.6. The lowest BCUT2D eigenvalue weighted by Gasteiger charge is -2.34. The van der Waals surface area contributed by atoms with Gasteiger partial charge in [-0.15, -0.1) is 11.8 Å². The van der Waals surface area contributed by atoms with Crippen molar-refractivity contribution in [3.05, 3.63) is 47.2 Å². The number of nitrogens with one attached hydrogen (secondary N) is 1. The first-order valence-electron chi connectivity index (χ1n) is 7.74. The number of urea groups is 1. The minimum atomic E-state index is -0.953. The molecule has 0 unspecified atom stereocenters. The van der Waals surface area contributed by atoms with Crippen molar-refractivity contribution >= 4 is 29.7 Å². The van der Waals surface area contributed by atoms with Crippen LogP contribution in [0.15, 0.2) is 41.6 Å². The fourth-order valence-electron chi connectivity index (χ4n) is 2.51. The smallest absolute Gasteiger partial charge is 0.338 e. The molecule has 1 atom stereocenters. The Morgan fingerprint density at radius 2 is 2.00 bits per heavy atom. The largest absolute Gasteiger partial charge is 0.481 e.